The number of carbonyl (C=O) groups is 1. The summed E-state index contributed by atoms with van der Waals surface area (Å²) in [4.78, 5) is 10.8. The zero-order chi connectivity index (χ0) is 8.15. The van der Waals surface area contributed by atoms with Crippen molar-refractivity contribution in [2.45, 2.75) is 32.5 Å². The lowest BCUT2D eigenvalue weighted by Gasteiger charge is -2.12. The van der Waals surface area contributed by atoms with E-state index in [1.165, 1.54) is 0 Å². The quantitative estimate of drug-likeness (QED) is 0.452. The van der Waals surface area contributed by atoms with Crippen molar-refractivity contribution in [3.63, 3.8) is 0 Å². The van der Waals surface area contributed by atoms with Crippen LogP contribution in [0.2, 0.25) is 0 Å². The zero-order valence-corrected chi connectivity index (χ0v) is 6.42. The first-order valence-corrected chi connectivity index (χ1v) is 3.39. The largest absolute Gasteiger partial charge is 0.351 e. The summed E-state index contributed by atoms with van der Waals surface area (Å²) in [6.45, 7) is 3.88. The third-order valence-corrected chi connectivity index (χ3v) is 1.30. The molecule has 0 saturated carbocycles. The van der Waals surface area contributed by atoms with Crippen LogP contribution in [0.4, 0.5) is 0 Å². The van der Waals surface area contributed by atoms with Gasteiger partial charge >= 0.3 is 0 Å². The number of hydrogen-bond donors (Lipinski definition) is 3. The molecular formula is C6H15N3O. The fraction of sp³-hybridized carbons (Fsp3) is 0.833. The van der Waals surface area contributed by atoms with Gasteiger partial charge in [-0.3, -0.25) is 4.79 Å². The van der Waals surface area contributed by atoms with Gasteiger partial charge in [-0.25, -0.2) is 0 Å². The Morgan fingerprint density at radius 3 is 2.40 bits per heavy atom. The Morgan fingerprint density at radius 2 is 2.10 bits per heavy atom. The molecule has 0 rings (SSSR count). The fourth-order valence-corrected chi connectivity index (χ4v) is 0.441. The van der Waals surface area contributed by atoms with E-state index in [2.05, 4.69) is 5.32 Å². The third kappa shape index (κ3) is 3.42. The molecule has 0 saturated heterocycles. The maximum absolute atomic E-state index is 10.8. The standard InChI is InChI=1S/C6H15N3O/c1-3-4(2)9-6(10)5(7)8/h4-5H,3,7-8H2,1-2H3,(H,9,10). The highest BCUT2D eigenvalue weighted by Crippen LogP contribution is 1.86. The van der Waals surface area contributed by atoms with E-state index in [-0.39, 0.29) is 11.9 Å². The fourth-order valence-electron chi connectivity index (χ4n) is 0.441. The molecule has 0 fully saturated rings. The lowest BCUT2D eigenvalue weighted by molar-refractivity contribution is -0.122. The number of amides is 1. The minimum atomic E-state index is -0.894. The Bertz CT molecular complexity index is 114. The van der Waals surface area contributed by atoms with Crippen molar-refractivity contribution >= 4 is 5.91 Å². The van der Waals surface area contributed by atoms with E-state index < -0.39 is 6.17 Å². The molecule has 0 radical (unpaired) electrons. The molecule has 0 aliphatic rings. The van der Waals surface area contributed by atoms with Crippen LogP contribution in [0, 0.1) is 0 Å². The molecule has 4 heteroatoms. The summed E-state index contributed by atoms with van der Waals surface area (Å²) in [5, 5.41) is 2.64. The Morgan fingerprint density at radius 1 is 1.60 bits per heavy atom. The number of nitrogens with two attached hydrogens (primary N) is 2. The molecule has 0 heterocycles. The van der Waals surface area contributed by atoms with Crippen LogP contribution in [0.25, 0.3) is 0 Å². The first-order chi connectivity index (χ1) is 4.57. The first-order valence-electron chi connectivity index (χ1n) is 3.39. The monoisotopic (exact) mass is 145 g/mol. The van der Waals surface area contributed by atoms with Gasteiger partial charge in [0.2, 0.25) is 0 Å². The Labute approximate surface area is 61.0 Å². The molecule has 0 aromatic carbocycles. The van der Waals surface area contributed by atoms with E-state index in [4.69, 9.17) is 11.5 Å². The lowest BCUT2D eigenvalue weighted by atomic mass is 10.2. The molecule has 60 valence electrons. The van der Waals surface area contributed by atoms with Crippen molar-refractivity contribution in [3.8, 4) is 0 Å². The number of rotatable bonds is 3. The van der Waals surface area contributed by atoms with Crippen molar-refractivity contribution in [1.29, 1.82) is 0 Å². The van der Waals surface area contributed by atoms with Gasteiger partial charge in [-0.1, -0.05) is 6.92 Å². The summed E-state index contributed by atoms with van der Waals surface area (Å²) < 4.78 is 0. The van der Waals surface area contributed by atoms with Gasteiger partial charge in [-0.05, 0) is 13.3 Å². The van der Waals surface area contributed by atoms with Crippen LogP contribution in [-0.4, -0.2) is 18.1 Å². The summed E-state index contributed by atoms with van der Waals surface area (Å²) in [6.07, 6.45) is -0.00708. The summed E-state index contributed by atoms with van der Waals surface area (Å²) in [7, 11) is 0. The lowest BCUT2D eigenvalue weighted by Crippen LogP contribution is -2.49. The molecule has 0 spiro atoms. The highest BCUT2D eigenvalue weighted by atomic mass is 16.2. The smallest absolute Gasteiger partial charge is 0.251 e. The van der Waals surface area contributed by atoms with E-state index in [9.17, 15) is 4.79 Å². The molecule has 1 atom stereocenters. The predicted molar refractivity (Wildman–Crippen MR) is 40.1 cm³/mol. The van der Waals surface area contributed by atoms with E-state index >= 15 is 0 Å². The topological polar surface area (TPSA) is 81.1 Å². The van der Waals surface area contributed by atoms with Crippen molar-refractivity contribution < 1.29 is 4.79 Å². The van der Waals surface area contributed by atoms with Gasteiger partial charge in [0, 0.05) is 6.04 Å². The normalized spacial score (nSPS) is 13.3. The molecule has 0 aliphatic carbocycles. The molecule has 1 unspecified atom stereocenters. The molecule has 0 aliphatic heterocycles. The second-order valence-electron chi connectivity index (χ2n) is 2.34. The van der Waals surface area contributed by atoms with Gasteiger partial charge in [-0.2, -0.15) is 0 Å². The van der Waals surface area contributed by atoms with Crippen LogP contribution in [0.5, 0.6) is 0 Å². The molecular weight excluding hydrogens is 130 g/mol. The molecule has 5 N–H and O–H groups in total. The van der Waals surface area contributed by atoms with Gasteiger partial charge < -0.3 is 16.8 Å². The second kappa shape index (κ2) is 4.24. The molecule has 1 amide bonds. The minimum absolute atomic E-state index is 0.155. The van der Waals surface area contributed by atoms with Gasteiger partial charge in [0.25, 0.3) is 5.91 Å². The van der Waals surface area contributed by atoms with Crippen molar-refractivity contribution in [2.24, 2.45) is 11.5 Å². The van der Waals surface area contributed by atoms with Crippen LogP contribution in [0.3, 0.4) is 0 Å². The van der Waals surface area contributed by atoms with Gasteiger partial charge in [-0.15, -0.1) is 0 Å². The van der Waals surface area contributed by atoms with Gasteiger partial charge in [0.1, 0.15) is 6.17 Å². The minimum Gasteiger partial charge on any atom is -0.351 e. The SMILES string of the molecule is CCC(C)NC(=O)C(N)N. The molecule has 0 bridgehead atoms. The van der Waals surface area contributed by atoms with Crippen molar-refractivity contribution in [1.82, 2.24) is 5.32 Å². The zero-order valence-electron chi connectivity index (χ0n) is 6.42. The van der Waals surface area contributed by atoms with E-state index in [1.54, 1.807) is 0 Å². The molecule has 0 aromatic heterocycles. The second-order valence-corrected chi connectivity index (χ2v) is 2.34. The van der Waals surface area contributed by atoms with E-state index in [1.807, 2.05) is 13.8 Å². The van der Waals surface area contributed by atoms with Crippen molar-refractivity contribution in [3.05, 3.63) is 0 Å². The Hall–Kier alpha value is -0.610. The number of hydrogen-bond acceptors (Lipinski definition) is 3. The van der Waals surface area contributed by atoms with Crippen LogP contribution in [0.1, 0.15) is 20.3 Å². The predicted octanol–water partition coefficient (Wildman–Crippen LogP) is -0.855. The van der Waals surface area contributed by atoms with Gasteiger partial charge in [0.15, 0.2) is 0 Å². The molecule has 10 heavy (non-hydrogen) atoms. The van der Waals surface area contributed by atoms with Crippen molar-refractivity contribution in [2.75, 3.05) is 0 Å². The molecule has 4 nitrogen and oxygen atoms in total. The van der Waals surface area contributed by atoms with Gasteiger partial charge in [0.05, 0.1) is 0 Å². The van der Waals surface area contributed by atoms with E-state index in [0.717, 1.165) is 6.42 Å². The van der Waals surface area contributed by atoms with Crippen LogP contribution in [-0.2, 0) is 4.79 Å². The highest BCUT2D eigenvalue weighted by molar-refractivity contribution is 5.80. The summed E-state index contributed by atoms with van der Waals surface area (Å²) in [5.41, 5.74) is 10.2. The van der Waals surface area contributed by atoms with Crippen LogP contribution >= 0.6 is 0 Å². The summed E-state index contributed by atoms with van der Waals surface area (Å²) in [6, 6.07) is 0.155. The van der Waals surface area contributed by atoms with E-state index in [0.29, 0.717) is 0 Å². The Kier molecular flexibility index (Phi) is 3.99. The highest BCUT2D eigenvalue weighted by Gasteiger charge is 2.08. The third-order valence-electron chi connectivity index (χ3n) is 1.30. The maximum atomic E-state index is 10.8. The summed E-state index contributed by atoms with van der Waals surface area (Å²) in [5.74, 6) is -0.297. The number of nitrogens with one attached hydrogen (secondary N) is 1. The Balaban J connectivity index is 3.57. The van der Waals surface area contributed by atoms with Crippen LogP contribution < -0.4 is 16.8 Å². The van der Waals surface area contributed by atoms with Crippen LogP contribution in [0.15, 0.2) is 0 Å². The first kappa shape index (κ1) is 9.39. The molecule has 0 aromatic rings. The average Bonchev–Trinajstić information content (AvgIpc) is 1.87. The maximum Gasteiger partial charge on any atom is 0.251 e. The summed E-state index contributed by atoms with van der Waals surface area (Å²) >= 11 is 0. The number of carbonyl (C=O) groups excluding carboxylic acids is 1. The average molecular weight is 145 g/mol.